The second kappa shape index (κ2) is 7.96. The first kappa shape index (κ1) is 19.6. The Bertz CT molecular complexity index is 1150. The van der Waals surface area contributed by atoms with Crippen LogP contribution in [-0.2, 0) is 4.79 Å². The molecule has 150 valence electrons. The fourth-order valence-corrected chi connectivity index (χ4v) is 4.74. The molecule has 1 aromatic carbocycles. The van der Waals surface area contributed by atoms with Crippen LogP contribution in [-0.4, -0.2) is 34.3 Å². The fourth-order valence-electron chi connectivity index (χ4n) is 2.84. The average Bonchev–Trinajstić information content (AvgIpc) is 3.44. The van der Waals surface area contributed by atoms with Gasteiger partial charge in [-0.25, -0.2) is 14.2 Å². The summed E-state index contributed by atoms with van der Waals surface area (Å²) < 4.78 is 15.4. The molecule has 1 aliphatic carbocycles. The summed E-state index contributed by atoms with van der Waals surface area (Å²) in [5, 5.41) is 4.97. The molecule has 3 amide bonds. The van der Waals surface area contributed by atoms with Gasteiger partial charge in [0.2, 0.25) is 5.91 Å². The quantitative estimate of drug-likeness (QED) is 0.477. The van der Waals surface area contributed by atoms with E-state index in [1.165, 1.54) is 30.5 Å². The predicted octanol–water partition coefficient (Wildman–Crippen LogP) is 3.15. The van der Waals surface area contributed by atoms with Crippen LogP contribution in [0.25, 0.3) is 20.7 Å². The lowest BCUT2D eigenvalue weighted by atomic mass is 10.2. The number of hydrogen-bond acceptors (Lipinski definition) is 6. The molecule has 0 aliphatic heterocycles. The molecule has 2 N–H and O–H groups in total. The van der Waals surface area contributed by atoms with Crippen LogP contribution in [0.15, 0.2) is 40.3 Å². The fraction of sp³-hybridized carbons (Fsp3) is 0.263. The summed E-state index contributed by atoms with van der Waals surface area (Å²) in [7, 11) is 1.42. The van der Waals surface area contributed by atoms with Crippen molar-refractivity contribution in [3.05, 3.63) is 46.5 Å². The summed E-state index contributed by atoms with van der Waals surface area (Å²) >= 11 is 2.45. The molecule has 4 rings (SSSR count). The van der Waals surface area contributed by atoms with Gasteiger partial charge in [0.25, 0.3) is 5.56 Å². The number of aromatic nitrogens is 2. The Morgan fingerprint density at radius 2 is 2.03 bits per heavy atom. The number of thiophene rings is 1. The smallest absolute Gasteiger partial charge is 0.321 e. The van der Waals surface area contributed by atoms with E-state index in [9.17, 15) is 18.8 Å². The van der Waals surface area contributed by atoms with Crippen LogP contribution in [0.2, 0.25) is 0 Å². The number of carbonyl (C=O) groups excluding carboxylic acids is 2. The van der Waals surface area contributed by atoms with Crippen molar-refractivity contribution in [3.8, 4) is 10.4 Å². The third-order valence-corrected chi connectivity index (χ3v) is 6.51. The third-order valence-electron chi connectivity index (χ3n) is 4.40. The van der Waals surface area contributed by atoms with E-state index >= 15 is 0 Å². The minimum atomic E-state index is -0.583. The number of imide groups is 1. The Kier molecular flexibility index (Phi) is 5.37. The largest absolute Gasteiger partial charge is 0.341 e. The zero-order valence-electron chi connectivity index (χ0n) is 15.4. The lowest BCUT2D eigenvalue weighted by molar-refractivity contribution is -0.117. The predicted molar refractivity (Wildman–Crippen MR) is 111 cm³/mol. The first-order valence-corrected chi connectivity index (χ1v) is 10.7. The van der Waals surface area contributed by atoms with Crippen molar-refractivity contribution in [2.45, 2.75) is 24.0 Å². The Balaban J connectivity index is 1.68. The second-order valence-electron chi connectivity index (χ2n) is 6.55. The minimum Gasteiger partial charge on any atom is -0.341 e. The summed E-state index contributed by atoms with van der Waals surface area (Å²) in [6.07, 6.45) is 1.78. The maximum atomic E-state index is 13.2. The van der Waals surface area contributed by atoms with E-state index in [-0.39, 0.29) is 23.2 Å². The molecule has 0 atom stereocenters. The van der Waals surface area contributed by atoms with Crippen LogP contribution in [0.4, 0.5) is 9.18 Å². The number of rotatable bonds is 5. The zero-order valence-corrected chi connectivity index (χ0v) is 17.0. The summed E-state index contributed by atoms with van der Waals surface area (Å²) in [6.45, 7) is 0. The van der Waals surface area contributed by atoms with Gasteiger partial charge in [0.15, 0.2) is 5.16 Å². The number of nitrogens with zero attached hydrogens (tertiary/aromatic N) is 2. The number of urea groups is 1. The van der Waals surface area contributed by atoms with Crippen LogP contribution in [0.5, 0.6) is 0 Å². The lowest BCUT2D eigenvalue weighted by Crippen LogP contribution is -2.38. The van der Waals surface area contributed by atoms with Gasteiger partial charge < -0.3 is 5.32 Å². The monoisotopic (exact) mass is 432 g/mol. The van der Waals surface area contributed by atoms with Crippen molar-refractivity contribution in [1.29, 1.82) is 0 Å². The van der Waals surface area contributed by atoms with Gasteiger partial charge >= 0.3 is 6.03 Å². The van der Waals surface area contributed by atoms with Crippen molar-refractivity contribution in [1.82, 2.24) is 20.2 Å². The number of hydrogen-bond donors (Lipinski definition) is 2. The molecule has 0 radical (unpaired) electrons. The minimum absolute atomic E-state index is 0.0347. The van der Waals surface area contributed by atoms with Crippen molar-refractivity contribution in [2.75, 3.05) is 12.8 Å². The Labute approximate surface area is 173 Å². The SMILES string of the molecule is CNC(=O)NC(=O)CSc1nc2cc(-c3ccc(F)cc3)sc2c(=O)n1C1CC1. The molecule has 1 fully saturated rings. The van der Waals surface area contributed by atoms with Crippen molar-refractivity contribution < 1.29 is 14.0 Å². The van der Waals surface area contributed by atoms with Gasteiger partial charge in [-0.15, -0.1) is 11.3 Å². The Morgan fingerprint density at radius 3 is 2.69 bits per heavy atom. The highest BCUT2D eigenvalue weighted by atomic mass is 32.2. The highest BCUT2D eigenvalue weighted by Crippen LogP contribution is 2.38. The third kappa shape index (κ3) is 4.18. The topological polar surface area (TPSA) is 93.1 Å². The summed E-state index contributed by atoms with van der Waals surface area (Å²) in [6, 6.07) is 7.39. The number of thioether (sulfide) groups is 1. The van der Waals surface area contributed by atoms with E-state index in [0.29, 0.717) is 15.4 Å². The average molecular weight is 433 g/mol. The summed E-state index contributed by atoms with van der Waals surface area (Å²) in [4.78, 5) is 41.7. The summed E-state index contributed by atoms with van der Waals surface area (Å²) in [5.41, 5.74) is 1.22. The van der Waals surface area contributed by atoms with Crippen LogP contribution in [0, 0.1) is 5.82 Å². The molecule has 1 saturated carbocycles. The van der Waals surface area contributed by atoms with E-state index in [1.54, 1.807) is 22.8 Å². The Morgan fingerprint density at radius 1 is 1.31 bits per heavy atom. The molecule has 0 unspecified atom stereocenters. The molecular formula is C19H17FN4O3S2. The van der Waals surface area contributed by atoms with Crippen LogP contribution >= 0.6 is 23.1 Å². The van der Waals surface area contributed by atoms with Crippen molar-refractivity contribution in [3.63, 3.8) is 0 Å². The highest BCUT2D eigenvalue weighted by Gasteiger charge is 2.29. The number of halogens is 1. The van der Waals surface area contributed by atoms with Gasteiger partial charge in [-0.2, -0.15) is 0 Å². The number of nitrogens with one attached hydrogen (secondary N) is 2. The molecule has 0 bridgehead atoms. The normalized spacial score (nSPS) is 13.4. The van der Waals surface area contributed by atoms with Gasteiger partial charge in [0, 0.05) is 18.0 Å². The number of amides is 3. The van der Waals surface area contributed by atoms with Gasteiger partial charge in [-0.05, 0) is 36.6 Å². The van der Waals surface area contributed by atoms with Gasteiger partial charge in [-0.3, -0.25) is 19.5 Å². The summed E-state index contributed by atoms with van der Waals surface area (Å²) in [5.74, 6) is -0.825. The molecule has 2 aromatic heterocycles. The molecule has 1 aliphatic rings. The van der Waals surface area contributed by atoms with E-state index in [4.69, 9.17) is 0 Å². The van der Waals surface area contributed by atoms with Crippen LogP contribution in [0.1, 0.15) is 18.9 Å². The second-order valence-corrected chi connectivity index (χ2v) is 8.54. The van der Waals surface area contributed by atoms with E-state index in [2.05, 4.69) is 15.6 Å². The van der Waals surface area contributed by atoms with Gasteiger partial charge in [0.05, 0.1) is 11.3 Å². The highest BCUT2D eigenvalue weighted by molar-refractivity contribution is 7.99. The number of benzene rings is 1. The van der Waals surface area contributed by atoms with E-state index < -0.39 is 11.9 Å². The van der Waals surface area contributed by atoms with Gasteiger partial charge in [0.1, 0.15) is 10.5 Å². The first-order chi connectivity index (χ1) is 14.0. The molecular weight excluding hydrogens is 415 g/mol. The Hall–Kier alpha value is -2.72. The molecule has 0 saturated heterocycles. The van der Waals surface area contributed by atoms with E-state index in [1.807, 2.05) is 0 Å². The number of fused-ring (bicyclic) bond motifs is 1. The zero-order chi connectivity index (χ0) is 20.5. The van der Waals surface area contributed by atoms with Crippen LogP contribution in [0.3, 0.4) is 0 Å². The van der Waals surface area contributed by atoms with Gasteiger partial charge in [-0.1, -0.05) is 23.9 Å². The molecule has 7 nitrogen and oxygen atoms in total. The molecule has 3 aromatic rings. The lowest BCUT2D eigenvalue weighted by Gasteiger charge is -2.10. The van der Waals surface area contributed by atoms with E-state index in [0.717, 1.165) is 35.0 Å². The molecule has 10 heteroatoms. The van der Waals surface area contributed by atoms with Crippen molar-refractivity contribution in [2.24, 2.45) is 0 Å². The molecule has 0 spiro atoms. The maximum Gasteiger partial charge on any atom is 0.321 e. The van der Waals surface area contributed by atoms with Crippen molar-refractivity contribution >= 4 is 45.3 Å². The molecule has 2 heterocycles. The molecule has 29 heavy (non-hydrogen) atoms. The first-order valence-electron chi connectivity index (χ1n) is 8.92. The standard InChI is InChI=1S/C19H17FN4O3S2/c1-21-18(27)23-15(25)9-28-19-22-13-8-14(10-2-4-11(20)5-3-10)29-16(13)17(26)24(19)12-6-7-12/h2-5,8,12H,6-7,9H2,1H3,(H2,21,23,25,27). The number of carbonyl (C=O) groups is 2. The maximum absolute atomic E-state index is 13.2. The van der Waals surface area contributed by atoms with Crippen LogP contribution < -0.4 is 16.2 Å².